The predicted molar refractivity (Wildman–Crippen MR) is 70.8 cm³/mol. The molecule has 5 nitrogen and oxygen atoms in total. The van der Waals surface area contributed by atoms with Gasteiger partial charge in [-0.05, 0) is 6.92 Å². The first-order valence-corrected chi connectivity index (χ1v) is 6.46. The zero-order chi connectivity index (χ0) is 12.7. The summed E-state index contributed by atoms with van der Waals surface area (Å²) in [7, 11) is 0. The first-order chi connectivity index (χ1) is 8.19. The number of hydrogen-bond acceptors (Lipinski definition) is 4. The summed E-state index contributed by atoms with van der Waals surface area (Å²) in [6.45, 7) is 3.18. The van der Waals surface area contributed by atoms with E-state index >= 15 is 0 Å². The number of nitrogens with zero attached hydrogens (tertiary/aromatic N) is 2. The molecule has 92 valence electrons. The van der Waals surface area contributed by atoms with E-state index in [1.54, 1.807) is 22.6 Å². The molecule has 1 aromatic heterocycles. The van der Waals surface area contributed by atoms with E-state index in [0.29, 0.717) is 24.5 Å². The Morgan fingerprint density at radius 2 is 2.53 bits per heavy atom. The quantitative estimate of drug-likeness (QED) is 0.574. The zero-order valence-electron chi connectivity index (χ0n) is 9.77. The average molecular weight is 252 g/mol. The van der Waals surface area contributed by atoms with Gasteiger partial charge in [0, 0.05) is 25.0 Å². The van der Waals surface area contributed by atoms with E-state index in [2.05, 4.69) is 16.3 Å². The maximum atomic E-state index is 11.7. The van der Waals surface area contributed by atoms with Gasteiger partial charge in [-0.15, -0.1) is 18.2 Å². The Hall–Kier alpha value is -1.61. The van der Waals surface area contributed by atoms with Crippen molar-refractivity contribution in [3.05, 3.63) is 11.9 Å². The van der Waals surface area contributed by atoms with Crippen LogP contribution in [0, 0.1) is 12.3 Å². The maximum Gasteiger partial charge on any atom is 0.273 e. The molecule has 1 heterocycles. The molecule has 0 aliphatic rings. The number of aromatic nitrogens is 2. The third-order valence-corrected chi connectivity index (χ3v) is 2.91. The first-order valence-electron chi connectivity index (χ1n) is 5.31. The molecule has 0 fully saturated rings. The number of nitrogens with two attached hydrogens (primary N) is 1. The van der Waals surface area contributed by atoms with E-state index in [1.807, 2.05) is 6.92 Å². The van der Waals surface area contributed by atoms with Crippen molar-refractivity contribution in [1.29, 1.82) is 0 Å². The summed E-state index contributed by atoms with van der Waals surface area (Å²) in [6.07, 6.45) is 6.77. The Bertz CT molecular complexity index is 422. The summed E-state index contributed by atoms with van der Waals surface area (Å²) in [5.74, 6) is 3.72. The fourth-order valence-electron chi connectivity index (χ4n) is 1.23. The molecule has 1 aromatic rings. The van der Waals surface area contributed by atoms with Gasteiger partial charge in [-0.1, -0.05) is 5.92 Å². The molecule has 0 spiro atoms. The lowest BCUT2D eigenvalue weighted by atomic mass is 10.3. The van der Waals surface area contributed by atoms with Crippen LogP contribution in [0.3, 0.4) is 0 Å². The number of thioether (sulfide) groups is 1. The van der Waals surface area contributed by atoms with Gasteiger partial charge in [-0.2, -0.15) is 5.10 Å². The first kappa shape index (κ1) is 13.5. The number of nitrogens with one attached hydrogen (secondary N) is 1. The van der Waals surface area contributed by atoms with Gasteiger partial charge in [0.05, 0.1) is 11.4 Å². The van der Waals surface area contributed by atoms with Gasteiger partial charge in [0.2, 0.25) is 0 Å². The Kier molecular flexibility index (Phi) is 5.43. The van der Waals surface area contributed by atoms with E-state index in [-0.39, 0.29) is 11.6 Å². The van der Waals surface area contributed by atoms with Gasteiger partial charge in [0.1, 0.15) is 0 Å². The highest BCUT2D eigenvalue weighted by atomic mass is 32.2. The predicted octanol–water partition coefficient (Wildman–Crippen LogP) is 0.581. The molecule has 1 amide bonds. The molecular formula is C11H16N4OS. The fourth-order valence-corrected chi connectivity index (χ4v) is 1.74. The van der Waals surface area contributed by atoms with Crippen LogP contribution in [0.5, 0.6) is 0 Å². The molecule has 0 aliphatic carbocycles. The standard InChI is InChI=1S/C11H16N4OS/c1-3-6-17-7-5-13-11(16)10-9(12)8-15(4-2)14-10/h1,8H,4-7,12H2,2H3,(H,13,16). The summed E-state index contributed by atoms with van der Waals surface area (Å²) in [5, 5.41) is 6.84. The molecule has 0 unspecified atom stereocenters. The van der Waals surface area contributed by atoms with Crippen molar-refractivity contribution in [2.75, 3.05) is 23.8 Å². The van der Waals surface area contributed by atoms with Crippen molar-refractivity contribution < 1.29 is 4.79 Å². The number of anilines is 1. The molecule has 0 saturated carbocycles. The topological polar surface area (TPSA) is 72.9 Å². The van der Waals surface area contributed by atoms with E-state index in [1.165, 1.54) is 0 Å². The maximum absolute atomic E-state index is 11.7. The minimum absolute atomic E-state index is 0.240. The lowest BCUT2D eigenvalue weighted by Gasteiger charge is -2.02. The van der Waals surface area contributed by atoms with E-state index in [0.717, 1.165) is 5.75 Å². The van der Waals surface area contributed by atoms with Crippen molar-refractivity contribution in [2.24, 2.45) is 0 Å². The van der Waals surface area contributed by atoms with E-state index in [9.17, 15) is 4.79 Å². The zero-order valence-corrected chi connectivity index (χ0v) is 10.6. The van der Waals surface area contributed by atoms with Crippen LogP contribution < -0.4 is 11.1 Å². The van der Waals surface area contributed by atoms with Crippen LogP contribution in [0.1, 0.15) is 17.4 Å². The lowest BCUT2D eigenvalue weighted by Crippen LogP contribution is -2.27. The third-order valence-electron chi connectivity index (χ3n) is 2.05. The number of rotatable bonds is 6. The van der Waals surface area contributed by atoms with Crippen molar-refractivity contribution in [3.63, 3.8) is 0 Å². The van der Waals surface area contributed by atoms with Gasteiger partial charge in [-0.25, -0.2) is 0 Å². The molecule has 0 radical (unpaired) electrons. The van der Waals surface area contributed by atoms with E-state index in [4.69, 9.17) is 12.2 Å². The number of carbonyl (C=O) groups excluding carboxylic acids is 1. The summed E-state index contributed by atoms with van der Waals surface area (Å²) in [4.78, 5) is 11.7. The monoisotopic (exact) mass is 252 g/mol. The van der Waals surface area contributed by atoms with Crippen LogP contribution in [0.25, 0.3) is 0 Å². The summed E-state index contributed by atoms with van der Waals surface area (Å²) in [6, 6.07) is 0. The van der Waals surface area contributed by atoms with Crippen molar-refractivity contribution in [2.45, 2.75) is 13.5 Å². The second-order valence-corrected chi connectivity index (χ2v) is 4.41. The van der Waals surface area contributed by atoms with Crippen LogP contribution in [0.15, 0.2) is 6.20 Å². The SMILES string of the molecule is C#CCSCCNC(=O)c1nn(CC)cc1N. The molecule has 0 atom stereocenters. The van der Waals surface area contributed by atoms with Gasteiger partial charge in [0.25, 0.3) is 5.91 Å². The Balaban J connectivity index is 2.41. The largest absolute Gasteiger partial charge is 0.396 e. The fraction of sp³-hybridized carbons (Fsp3) is 0.455. The highest BCUT2D eigenvalue weighted by Gasteiger charge is 2.13. The normalized spacial score (nSPS) is 9.88. The molecular weight excluding hydrogens is 236 g/mol. The lowest BCUT2D eigenvalue weighted by molar-refractivity contribution is 0.0951. The summed E-state index contributed by atoms with van der Waals surface area (Å²) in [5.41, 5.74) is 6.38. The van der Waals surface area contributed by atoms with Crippen LogP contribution >= 0.6 is 11.8 Å². The van der Waals surface area contributed by atoms with Gasteiger partial charge < -0.3 is 11.1 Å². The third kappa shape index (κ3) is 4.04. The molecule has 17 heavy (non-hydrogen) atoms. The second-order valence-electron chi connectivity index (χ2n) is 3.30. The minimum Gasteiger partial charge on any atom is -0.396 e. The molecule has 1 rings (SSSR count). The van der Waals surface area contributed by atoms with Gasteiger partial charge in [-0.3, -0.25) is 9.48 Å². The summed E-state index contributed by atoms with van der Waals surface area (Å²) < 4.78 is 1.64. The average Bonchev–Trinajstić information content (AvgIpc) is 2.70. The van der Waals surface area contributed by atoms with Crippen LogP contribution in [0.4, 0.5) is 5.69 Å². The molecule has 0 bridgehead atoms. The second kappa shape index (κ2) is 6.86. The Labute approximate surface area is 105 Å². The number of amides is 1. The van der Waals surface area contributed by atoms with Crippen LogP contribution in [-0.2, 0) is 6.54 Å². The number of carbonyl (C=O) groups is 1. The smallest absolute Gasteiger partial charge is 0.273 e. The molecule has 0 aliphatic heterocycles. The molecule has 3 N–H and O–H groups in total. The number of terminal acetylenes is 1. The van der Waals surface area contributed by atoms with Crippen LogP contribution in [-0.4, -0.2) is 33.7 Å². The number of aryl methyl sites for hydroxylation is 1. The van der Waals surface area contributed by atoms with Crippen LogP contribution in [0.2, 0.25) is 0 Å². The Morgan fingerprint density at radius 3 is 3.12 bits per heavy atom. The molecule has 0 aromatic carbocycles. The summed E-state index contributed by atoms with van der Waals surface area (Å²) >= 11 is 1.60. The van der Waals surface area contributed by atoms with Crippen molar-refractivity contribution >= 4 is 23.4 Å². The van der Waals surface area contributed by atoms with E-state index < -0.39 is 0 Å². The van der Waals surface area contributed by atoms with Gasteiger partial charge in [0.15, 0.2) is 5.69 Å². The number of nitrogen functional groups attached to an aromatic ring is 1. The Morgan fingerprint density at radius 1 is 1.76 bits per heavy atom. The molecule has 6 heteroatoms. The van der Waals surface area contributed by atoms with Gasteiger partial charge >= 0.3 is 0 Å². The van der Waals surface area contributed by atoms with Crippen molar-refractivity contribution in [1.82, 2.24) is 15.1 Å². The number of hydrogen-bond donors (Lipinski definition) is 2. The molecule has 0 saturated heterocycles. The highest BCUT2D eigenvalue weighted by molar-refractivity contribution is 7.99. The highest BCUT2D eigenvalue weighted by Crippen LogP contribution is 2.08. The minimum atomic E-state index is -0.240. The van der Waals surface area contributed by atoms with Crippen molar-refractivity contribution in [3.8, 4) is 12.3 Å².